The van der Waals surface area contributed by atoms with Crippen LogP contribution < -0.4 is 15.7 Å². The number of nitrogens with zero attached hydrogens (tertiary/aromatic N) is 4. The van der Waals surface area contributed by atoms with Crippen LogP contribution in [0.2, 0.25) is 0 Å². The third-order valence-corrected chi connectivity index (χ3v) is 6.82. The van der Waals surface area contributed by atoms with Crippen LogP contribution in [0.4, 0.5) is 0 Å². The van der Waals surface area contributed by atoms with Crippen LogP contribution in [0.15, 0.2) is 89.7 Å². The van der Waals surface area contributed by atoms with Gasteiger partial charge in [0.1, 0.15) is 0 Å². The van der Waals surface area contributed by atoms with E-state index >= 15 is 0 Å². The molecule has 0 saturated carbocycles. The lowest BCUT2D eigenvalue weighted by Crippen LogP contribution is -2.23. The van der Waals surface area contributed by atoms with E-state index in [4.69, 9.17) is 4.74 Å². The molecule has 1 aliphatic heterocycles. The fourth-order valence-corrected chi connectivity index (χ4v) is 4.73. The van der Waals surface area contributed by atoms with E-state index in [0.29, 0.717) is 23.5 Å². The number of aromatic nitrogens is 3. The van der Waals surface area contributed by atoms with Gasteiger partial charge in [0.25, 0.3) is 0 Å². The smallest absolute Gasteiger partial charge is 0.351 e. The van der Waals surface area contributed by atoms with Crippen LogP contribution in [0.3, 0.4) is 0 Å². The molecule has 0 spiro atoms. The molecule has 0 bridgehead atoms. The van der Waals surface area contributed by atoms with Crippen molar-refractivity contribution in [1.29, 1.82) is 5.26 Å². The highest BCUT2D eigenvalue weighted by Gasteiger charge is 2.21. The molecule has 1 aliphatic rings. The lowest BCUT2D eigenvalue weighted by Gasteiger charge is -2.15. The van der Waals surface area contributed by atoms with Crippen LogP contribution in [-0.2, 0) is 6.54 Å². The molecule has 3 heterocycles. The van der Waals surface area contributed by atoms with Crippen molar-refractivity contribution in [2.75, 3.05) is 20.2 Å². The summed E-state index contributed by atoms with van der Waals surface area (Å²) in [6, 6.07) is 29.2. The number of rotatable bonds is 5. The highest BCUT2D eigenvalue weighted by Crippen LogP contribution is 2.36. The largest absolute Gasteiger partial charge is 0.493 e. The maximum absolute atomic E-state index is 13.7. The van der Waals surface area contributed by atoms with Gasteiger partial charge in [-0.05, 0) is 67.7 Å². The number of methoxy groups -OCH3 is 1. The van der Waals surface area contributed by atoms with Gasteiger partial charge < -0.3 is 10.1 Å². The van der Waals surface area contributed by atoms with Crippen molar-refractivity contribution in [3.63, 3.8) is 0 Å². The summed E-state index contributed by atoms with van der Waals surface area (Å²) in [6.45, 7) is 4.88. The summed E-state index contributed by atoms with van der Waals surface area (Å²) in [6.07, 6.45) is 2.78. The normalized spacial score (nSPS) is 12.5. The summed E-state index contributed by atoms with van der Waals surface area (Å²) in [7, 11) is 1.57. The van der Waals surface area contributed by atoms with Gasteiger partial charge in [0, 0.05) is 5.56 Å². The maximum Gasteiger partial charge on any atom is 0.351 e. The van der Waals surface area contributed by atoms with E-state index in [1.807, 2.05) is 79.7 Å². The Morgan fingerprint density at radius 2 is 1.62 bits per heavy atom. The minimum absolute atomic E-state index is 0.247. The number of hydrogen-bond donors (Lipinski definition) is 1. The van der Waals surface area contributed by atoms with Crippen LogP contribution in [0, 0.1) is 18.3 Å². The SMILES string of the molecule is C1CCNC1.COc1cc(-c2ccc(C#N)cc2)c(-c2ccc(C)cc2)n2c(=O)n(Cc3ccccc3)nc12. The molecule has 3 aromatic carbocycles. The summed E-state index contributed by atoms with van der Waals surface area (Å²) in [5.41, 5.74) is 6.19. The van der Waals surface area contributed by atoms with E-state index in [1.54, 1.807) is 23.6 Å². The van der Waals surface area contributed by atoms with Crippen LogP contribution in [0.5, 0.6) is 5.75 Å². The van der Waals surface area contributed by atoms with Crippen LogP contribution in [0.25, 0.3) is 28.0 Å². The first kappa shape index (κ1) is 26.0. The zero-order chi connectivity index (χ0) is 27.2. The van der Waals surface area contributed by atoms with E-state index in [1.165, 1.54) is 30.6 Å². The number of hydrogen-bond acceptors (Lipinski definition) is 5. The van der Waals surface area contributed by atoms with Gasteiger partial charge >= 0.3 is 5.69 Å². The number of nitrogens with one attached hydrogen (secondary N) is 1. The second-order valence-corrected chi connectivity index (χ2v) is 9.57. The molecule has 5 aromatic rings. The number of nitriles is 1. The second-order valence-electron chi connectivity index (χ2n) is 9.57. The predicted molar refractivity (Wildman–Crippen MR) is 154 cm³/mol. The van der Waals surface area contributed by atoms with Crippen molar-refractivity contribution >= 4 is 5.65 Å². The zero-order valence-electron chi connectivity index (χ0n) is 22.2. The standard InChI is InChI=1S/C28H22N4O2.C4H9N/c1-19-8-12-23(13-9-19)26-24(22-14-10-20(17-29)11-15-22)16-25(34-2)27-30-31(28(33)32(26)27)18-21-6-4-3-5-7-21;1-2-4-5-3-1/h3-16H,18H2,1-2H3;5H,1-4H2. The molecule has 196 valence electrons. The van der Waals surface area contributed by atoms with Crippen molar-refractivity contribution in [2.45, 2.75) is 26.3 Å². The van der Waals surface area contributed by atoms with Crippen molar-refractivity contribution < 1.29 is 4.74 Å². The number of ether oxygens (including phenoxy) is 1. The number of fused-ring (bicyclic) bond motifs is 1. The van der Waals surface area contributed by atoms with E-state index in [0.717, 1.165) is 33.5 Å². The molecule has 1 N–H and O–H groups in total. The van der Waals surface area contributed by atoms with Crippen LogP contribution in [0.1, 0.15) is 29.5 Å². The lowest BCUT2D eigenvalue weighted by atomic mass is 9.97. The molecular formula is C32H31N5O2. The zero-order valence-corrected chi connectivity index (χ0v) is 22.2. The summed E-state index contributed by atoms with van der Waals surface area (Å²) in [5.74, 6) is 0.499. The maximum atomic E-state index is 13.7. The fraction of sp³-hybridized carbons (Fsp3) is 0.219. The minimum atomic E-state index is -0.247. The molecule has 0 amide bonds. The van der Waals surface area contributed by atoms with Gasteiger partial charge in [-0.2, -0.15) is 5.26 Å². The van der Waals surface area contributed by atoms with Crippen LogP contribution in [-0.4, -0.2) is 34.4 Å². The van der Waals surface area contributed by atoms with Gasteiger partial charge in [-0.1, -0.05) is 72.3 Å². The Morgan fingerprint density at radius 1 is 0.949 bits per heavy atom. The van der Waals surface area contributed by atoms with E-state index < -0.39 is 0 Å². The van der Waals surface area contributed by atoms with Gasteiger partial charge in [0.05, 0.1) is 31.0 Å². The highest BCUT2D eigenvalue weighted by molar-refractivity contribution is 5.85. The third kappa shape index (κ3) is 5.62. The molecule has 6 rings (SSSR count). The number of pyridine rings is 1. The quantitative estimate of drug-likeness (QED) is 0.336. The summed E-state index contributed by atoms with van der Waals surface area (Å²) >= 11 is 0. The summed E-state index contributed by atoms with van der Waals surface area (Å²) in [4.78, 5) is 13.7. The Balaban J connectivity index is 0.000000555. The van der Waals surface area contributed by atoms with Crippen LogP contribution >= 0.6 is 0 Å². The van der Waals surface area contributed by atoms with Gasteiger partial charge in [-0.15, -0.1) is 5.10 Å². The first-order valence-corrected chi connectivity index (χ1v) is 13.1. The predicted octanol–water partition coefficient (Wildman–Crippen LogP) is 5.44. The van der Waals surface area contributed by atoms with Crippen molar-refractivity contribution in [2.24, 2.45) is 0 Å². The first-order valence-electron chi connectivity index (χ1n) is 13.1. The molecule has 1 fully saturated rings. The fourth-order valence-electron chi connectivity index (χ4n) is 4.73. The Labute approximate surface area is 227 Å². The number of aryl methyl sites for hydroxylation is 1. The van der Waals surface area contributed by atoms with E-state index in [-0.39, 0.29) is 5.69 Å². The molecule has 1 saturated heterocycles. The molecule has 0 radical (unpaired) electrons. The Bertz CT molecular complexity index is 1650. The van der Waals surface area contributed by atoms with E-state index in [9.17, 15) is 10.1 Å². The molecule has 0 unspecified atom stereocenters. The molecule has 0 aliphatic carbocycles. The molecule has 2 aromatic heterocycles. The Hall–Kier alpha value is -4.67. The molecule has 39 heavy (non-hydrogen) atoms. The van der Waals surface area contributed by atoms with Crippen molar-refractivity contribution in [1.82, 2.24) is 19.5 Å². The van der Waals surface area contributed by atoms with Gasteiger partial charge in [-0.25, -0.2) is 13.9 Å². The molecule has 7 nitrogen and oxygen atoms in total. The van der Waals surface area contributed by atoms with Crippen molar-refractivity contribution in [3.8, 4) is 34.2 Å². The average Bonchev–Trinajstić information content (AvgIpc) is 3.66. The highest BCUT2D eigenvalue weighted by atomic mass is 16.5. The van der Waals surface area contributed by atoms with E-state index in [2.05, 4.69) is 16.5 Å². The van der Waals surface area contributed by atoms with Crippen molar-refractivity contribution in [3.05, 3.63) is 112 Å². The van der Waals surface area contributed by atoms with Gasteiger partial charge in [0.15, 0.2) is 5.75 Å². The van der Waals surface area contributed by atoms with Gasteiger partial charge in [-0.3, -0.25) is 0 Å². The molecule has 0 atom stereocenters. The summed E-state index contributed by atoms with van der Waals surface area (Å²) in [5, 5.41) is 17.1. The Morgan fingerprint density at radius 3 is 2.21 bits per heavy atom. The molecule has 7 heteroatoms. The monoisotopic (exact) mass is 517 g/mol. The third-order valence-electron chi connectivity index (χ3n) is 6.82. The average molecular weight is 518 g/mol. The topological polar surface area (TPSA) is 84.4 Å². The minimum Gasteiger partial charge on any atom is -0.493 e. The molecular weight excluding hydrogens is 486 g/mol. The number of benzene rings is 3. The second kappa shape index (κ2) is 11.8. The Kier molecular flexibility index (Phi) is 7.86. The lowest BCUT2D eigenvalue weighted by molar-refractivity contribution is 0.417. The first-order chi connectivity index (χ1) is 19.1. The summed E-state index contributed by atoms with van der Waals surface area (Å²) < 4.78 is 8.77. The van der Waals surface area contributed by atoms with Gasteiger partial charge in [0.2, 0.25) is 5.65 Å².